The first kappa shape index (κ1) is 12.4. The number of carbonyl (C=O) groups is 2. The number of thioether (sulfide) groups is 1. The molecule has 0 atom stereocenters. The summed E-state index contributed by atoms with van der Waals surface area (Å²) in [5.41, 5.74) is 4.11. The van der Waals surface area contributed by atoms with E-state index in [-0.39, 0.29) is 10.9 Å². The van der Waals surface area contributed by atoms with Gasteiger partial charge in [0.1, 0.15) is 5.54 Å². The maximum atomic E-state index is 11.2. The zero-order valence-electron chi connectivity index (χ0n) is 8.75. The lowest BCUT2D eigenvalue weighted by Gasteiger charge is -2.20. The number of carboxylic acids is 1. The van der Waals surface area contributed by atoms with Crippen molar-refractivity contribution in [2.45, 2.75) is 24.5 Å². The quantitative estimate of drug-likeness (QED) is 0.642. The van der Waals surface area contributed by atoms with Gasteiger partial charge in [-0.1, -0.05) is 11.8 Å². The van der Waals surface area contributed by atoms with Crippen molar-refractivity contribution in [2.24, 2.45) is 5.73 Å². The first-order valence-electron chi connectivity index (χ1n) is 4.29. The molecule has 0 radical (unpaired) electrons. The Morgan fingerprint density at radius 1 is 1.56 bits per heavy atom. The lowest BCUT2D eigenvalue weighted by molar-refractivity contribution is -0.133. The maximum Gasteiger partial charge on any atom is 0.313 e. The van der Waals surface area contributed by atoms with Crippen molar-refractivity contribution in [3.8, 4) is 0 Å². The van der Waals surface area contributed by atoms with Crippen LogP contribution in [0.5, 0.6) is 0 Å². The fourth-order valence-electron chi connectivity index (χ4n) is 0.850. The number of aromatic nitrogens is 4. The standard InChI is InChI=1S/C7H11N5O3S/c1-7(2,5(8)15)12-6(9-10-11-12)16-3-4(13)14/h3H2,1-2H3,(H2,8,15)(H,13,14). The van der Waals surface area contributed by atoms with Gasteiger partial charge >= 0.3 is 5.97 Å². The first-order chi connectivity index (χ1) is 7.35. The summed E-state index contributed by atoms with van der Waals surface area (Å²) in [6, 6.07) is 0. The highest BCUT2D eigenvalue weighted by Crippen LogP contribution is 2.21. The fourth-order valence-corrected chi connectivity index (χ4v) is 1.58. The van der Waals surface area contributed by atoms with E-state index in [1.54, 1.807) is 13.8 Å². The number of carboxylic acid groups (broad SMARTS) is 1. The molecule has 1 heterocycles. The predicted molar refractivity (Wildman–Crippen MR) is 54.7 cm³/mol. The monoisotopic (exact) mass is 245 g/mol. The van der Waals surface area contributed by atoms with Gasteiger partial charge in [-0.25, -0.2) is 4.68 Å². The van der Waals surface area contributed by atoms with Gasteiger partial charge in [-0.3, -0.25) is 9.59 Å². The Bertz CT molecular complexity index is 416. The van der Waals surface area contributed by atoms with E-state index in [1.165, 1.54) is 4.68 Å². The maximum absolute atomic E-state index is 11.2. The topological polar surface area (TPSA) is 124 Å². The van der Waals surface area contributed by atoms with Gasteiger partial charge in [0.05, 0.1) is 5.75 Å². The van der Waals surface area contributed by atoms with E-state index >= 15 is 0 Å². The third-order valence-corrected chi connectivity index (χ3v) is 2.80. The smallest absolute Gasteiger partial charge is 0.313 e. The van der Waals surface area contributed by atoms with Gasteiger partial charge in [0.25, 0.3) is 0 Å². The zero-order valence-corrected chi connectivity index (χ0v) is 9.56. The van der Waals surface area contributed by atoms with Gasteiger partial charge in [-0.05, 0) is 24.3 Å². The highest BCUT2D eigenvalue weighted by molar-refractivity contribution is 7.99. The molecule has 9 heteroatoms. The number of amides is 1. The third kappa shape index (κ3) is 2.48. The number of nitrogens with zero attached hydrogens (tertiary/aromatic N) is 4. The van der Waals surface area contributed by atoms with Gasteiger partial charge in [0, 0.05) is 0 Å². The van der Waals surface area contributed by atoms with E-state index in [2.05, 4.69) is 15.5 Å². The Morgan fingerprint density at radius 3 is 2.69 bits per heavy atom. The minimum atomic E-state index is -1.09. The van der Waals surface area contributed by atoms with Crippen molar-refractivity contribution < 1.29 is 14.7 Å². The van der Waals surface area contributed by atoms with Gasteiger partial charge in [0.15, 0.2) is 0 Å². The van der Waals surface area contributed by atoms with Crippen LogP contribution in [0, 0.1) is 0 Å². The summed E-state index contributed by atoms with van der Waals surface area (Å²) in [4.78, 5) is 21.6. The zero-order chi connectivity index (χ0) is 12.3. The summed E-state index contributed by atoms with van der Waals surface area (Å²) in [5.74, 6) is -1.77. The van der Waals surface area contributed by atoms with E-state index in [1.807, 2.05) is 0 Å². The molecule has 0 aliphatic rings. The lowest BCUT2D eigenvalue weighted by atomic mass is 10.1. The van der Waals surface area contributed by atoms with Gasteiger partial charge in [-0.2, -0.15) is 0 Å². The number of rotatable bonds is 5. The molecule has 0 fully saturated rings. The second-order valence-electron chi connectivity index (χ2n) is 3.48. The Balaban J connectivity index is 2.94. The molecule has 0 aromatic carbocycles. The molecule has 1 aromatic rings. The average molecular weight is 245 g/mol. The SMILES string of the molecule is CC(C)(C(N)=O)n1nnnc1SCC(=O)O. The Hall–Kier alpha value is -1.64. The van der Waals surface area contributed by atoms with E-state index in [4.69, 9.17) is 10.8 Å². The van der Waals surface area contributed by atoms with Crippen LogP contribution in [-0.4, -0.2) is 42.9 Å². The van der Waals surface area contributed by atoms with Crippen LogP contribution in [0.25, 0.3) is 0 Å². The third-order valence-electron chi connectivity index (χ3n) is 1.90. The first-order valence-corrected chi connectivity index (χ1v) is 5.27. The second-order valence-corrected chi connectivity index (χ2v) is 4.42. The van der Waals surface area contributed by atoms with Crippen LogP contribution >= 0.6 is 11.8 Å². The lowest BCUT2D eigenvalue weighted by Crippen LogP contribution is -2.42. The Kier molecular flexibility index (Phi) is 3.48. The van der Waals surface area contributed by atoms with E-state index in [0.29, 0.717) is 0 Å². The highest BCUT2D eigenvalue weighted by Gasteiger charge is 2.31. The molecule has 0 saturated carbocycles. The molecule has 1 amide bonds. The van der Waals surface area contributed by atoms with Crippen LogP contribution in [0.4, 0.5) is 0 Å². The molecule has 1 aromatic heterocycles. The number of nitrogens with two attached hydrogens (primary N) is 1. The Morgan fingerprint density at radius 2 is 2.19 bits per heavy atom. The summed E-state index contributed by atoms with van der Waals surface area (Å²) in [5, 5.41) is 19.4. The van der Waals surface area contributed by atoms with E-state index in [9.17, 15) is 9.59 Å². The number of carbonyl (C=O) groups excluding carboxylic acids is 1. The molecule has 88 valence electrons. The normalized spacial score (nSPS) is 11.4. The molecular formula is C7H11N5O3S. The average Bonchev–Trinajstić information content (AvgIpc) is 2.62. The van der Waals surface area contributed by atoms with Crippen LogP contribution in [0.15, 0.2) is 5.16 Å². The van der Waals surface area contributed by atoms with Crippen LogP contribution in [-0.2, 0) is 15.1 Å². The van der Waals surface area contributed by atoms with Gasteiger partial charge in [-0.15, -0.1) is 5.10 Å². The molecule has 0 spiro atoms. The minimum absolute atomic E-state index is 0.185. The number of hydrogen-bond acceptors (Lipinski definition) is 6. The molecule has 1 rings (SSSR count). The second kappa shape index (κ2) is 4.47. The van der Waals surface area contributed by atoms with Crippen molar-refractivity contribution in [1.82, 2.24) is 20.2 Å². The van der Waals surface area contributed by atoms with Crippen LogP contribution < -0.4 is 5.73 Å². The highest BCUT2D eigenvalue weighted by atomic mass is 32.2. The molecule has 3 N–H and O–H groups in total. The summed E-state index contributed by atoms with van der Waals surface area (Å²) < 4.78 is 1.21. The molecule has 8 nitrogen and oxygen atoms in total. The van der Waals surface area contributed by atoms with Crippen molar-refractivity contribution in [3.63, 3.8) is 0 Å². The van der Waals surface area contributed by atoms with Crippen LogP contribution in [0.2, 0.25) is 0 Å². The molecule has 0 unspecified atom stereocenters. The van der Waals surface area contributed by atoms with E-state index in [0.717, 1.165) is 11.8 Å². The molecule has 0 bridgehead atoms. The predicted octanol–water partition coefficient (Wildman–Crippen LogP) is -0.930. The van der Waals surface area contributed by atoms with Crippen molar-refractivity contribution in [2.75, 3.05) is 5.75 Å². The molecule has 0 aliphatic carbocycles. The molecule has 0 saturated heterocycles. The number of hydrogen-bond donors (Lipinski definition) is 2. The summed E-state index contributed by atoms with van der Waals surface area (Å²) in [7, 11) is 0. The fraction of sp³-hybridized carbons (Fsp3) is 0.571. The summed E-state index contributed by atoms with van der Waals surface area (Å²) >= 11 is 0.926. The van der Waals surface area contributed by atoms with Crippen LogP contribution in [0.3, 0.4) is 0 Å². The largest absolute Gasteiger partial charge is 0.481 e. The molecule has 16 heavy (non-hydrogen) atoms. The molecule has 0 aliphatic heterocycles. The Labute approximate surface area is 95.2 Å². The van der Waals surface area contributed by atoms with Crippen molar-refractivity contribution in [1.29, 1.82) is 0 Å². The minimum Gasteiger partial charge on any atom is -0.481 e. The number of tetrazole rings is 1. The summed E-state index contributed by atoms with van der Waals surface area (Å²) in [6.45, 7) is 3.10. The van der Waals surface area contributed by atoms with E-state index < -0.39 is 17.4 Å². The summed E-state index contributed by atoms with van der Waals surface area (Å²) in [6.07, 6.45) is 0. The number of aliphatic carboxylic acids is 1. The van der Waals surface area contributed by atoms with Crippen LogP contribution in [0.1, 0.15) is 13.8 Å². The van der Waals surface area contributed by atoms with Gasteiger partial charge < -0.3 is 10.8 Å². The van der Waals surface area contributed by atoms with Crippen molar-refractivity contribution >= 4 is 23.6 Å². The van der Waals surface area contributed by atoms with Crippen molar-refractivity contribution in [3.05, 3.63) is 0 Å². The number of primary amides is 1. The van der Waals surface area contributed by atoms with Gasteiger partial charge in [0.2, 0.25) is 11.1 Å². The molecular weight excluding hydrogens is 234 g/mol.